The zero-order chi connectivity index (χ0) is 17.9. The number of aromatic nitrogens is 2. The van der Waals surface area contributed by atoms with Gasteiger partial charge in [0, 0.05) is 0 Å². The van der Waals surface area contributed by atoms with Gasteiger partial charge in [0.05, 0.1) is 30.1 Å². The van der Waals surface area contributed by atoms with E-state index in [4.69, 9.17) is 9.47 Å². The molecule has 1 aromatic carbocycles. The molecule has 0 bridgehead atoms. The smallest absolute Gasteiger partial charge is 0.362 e. The highest BCUT2D eigenvalue weighted by atomic mass is 16.6. The number of benzene rings is 1. The average molecular weight is 337 g/mol. The van der Waals surface area contributed by atoms with Gasteiger partial charge in [-0.2, -0.15) is 0 Å². The number of ether oxygens (including phenoxy) is 2. The lowest BCUT2D eigenvalue weighted by molar-refractivity contribution is -0.386. The molecule has 24 heavy (non-hydrogen) atoms. The van der Waals surface area contributed by atoms with Gasteiger partial charge in [-0.1, -0.05) is 0 Å². The van der Waals surface area contributed by atoms with E-state index in [1.54, 1.807) is 0 Å². The number of nitrogens with one attached hydrogen (secondary N) is 2. The summed E-state index contributed by atoms with van der Waals surface area (Å²) >= 11 is 0. The summed E-state index contributed by atoms with van der Waals surface area (Å²) in [5.74, 6) is -1.14. The van der Waals surface area contributed by atoms with E-state index in [1.807, 2.05) is 0 Å². The monoisotopic (exact) mass is 337 g/mol. The van der Waals surface area contributed by atoms with Gasteiger partial charge in [0.2, 0.25) is 5.69 Å². The van der Waals surface area contributed by atoms with Gasteiger partial charge >= 0.3 is 11.6 Å². The van der Waals surface area contributed by atoms with Crippen molar-refractivity contribution in [2.24, 2.45) is 0 Å². The minimum Gasteiger partial charge on any atom is -0.496 e. The van der Waals surface area contributed by atoms with Crippen molar-refractivity contribution >= 4 is 23.0 Å². The van der Waals surface area contributed by atoms with Gasteiger partial charge < -0.3 is 14.8 Å². The number of methoxy groups -OCH3 is 2. The highest BCUT2D eigenvalue weighted by molar-refractivity contribution is 6.07. The Kier molecular flexibility index (Phi) is 4.58. The molecule has 1 heterocycles. The maximum atomic E-state index is 12.2. The van der Waals surface area contributed by atoms with E-state index in [0.29, 0.717) is 0 Å². The number of rotatable bonds is 6. The third kappa shape index (κ3) is 3.06. The highest BCUT2D eigenvalue weighted by Crippen LogP contribution is 2.31. The fourth-order valence-electron chi connectivity index (χ4n) is 1.87. The van der Waals surface area contributed by atoms with Crippen molar-refractivity contribution in [2.75, 3.05) is 19.5 Å². The molecule has 12 nitrogen and oxygen atoms in total. The first-order valence-electron chi connectivity index (χ1n) is 6.29. The second kappa shape index (κ2) is 6.60. The van der Waals surface area contributed by atoms with Crippen LogP contribution < -0.4 is 14.8 Å². The fourth-order valence-corrected chi connectivity index (χ4v) is 1.87. The Bertz CT molecular complexity index is 816. The predicted molar refractivity (Wildman–Crippen MR) is 79.4 cm³/mol. The zero-order valence-corrected chi connectivity index (χ0v) is 12.4. The molecular formula is C12H11N5O7. The molecule has 1 amide bonds. The Labute approximate surface area is 133 Å². The van der Waals surface area contributed by atoms with E-state index in [0.717, 1.165) is 13.2 Å². The molecule has 0 radical (unpaired) electrons. The minimum absolute atomic E-state index is 0.159. The van der Waals surface area contributed by atoms with E-state index in [9.17, 15) is 25.0 Å². The Morgan fingerprint density at radius 1 is 1.21 bits per heavy atom. The molecule has 0 aliphatic rings. The quantitative estimate of drug-likeness (QED) is 0.591. The van der Waals surface area contributed by atoms with E-state index < -0.39 is 32.8 Å². The molecular weight excluding hydrogens is 326 g/mol. The first-order chi connectivity index (χ1) is 11.4. The number of carbonyl (C=O) groups excluding carboxylic acids is 1. The van der Waals surface area contributed by atoms with Crippen LogP contribution in [0.4, 0.5) is 17.1 Å². The number of nitro benzene ring substituents is 1. The topological polar surface area (TPSA) is 163 Å². The van der Waals surface area contributed by atoms with Gasteiger partial charge in [-0.05, 0) is 12.1 Å². The number of nitrogens with zero attached hydrogens (tertiary/aromatic N) is 3. The standard InChI is InChI=1S/C12H11N5O7/c1-23-6-3-4-7(8(5-6)16(19)20)13-11(18)9-10(17(21)22)12(24-2)15-14-9/h3-5H,1-2H3,(H,13,18)(H,14,15). The van der Waals surface area contributed by atoms with Gasteiger partial charge in [-0.25, -0.2) is 0 Å². The number of nitro groups is 2. The van der Waals surface area contributed by atoms with Crippen LogP contribution in [0.5, 0.6) is 11.6 Å². The zero-order valence-electron chi connectivity index (χ0n) is 12.4. The summed E-state index contributed by atoms with van der Waals surface area (Å²) < 4.78 is 9.57. The van der Waals surface area contributed by atoms with Gasteiger partial charge in [0.1, 0.15) is 11.4 Å². The Hall–Kier alpha value is -3.70. The second-order valence-corrected chi connectivity index (χ2v) is 4.31. The van der Waals surface area contributed by atoms with Gasteiger partial charge in [-0.15, -0.1) is 5.10 Å². The molecule has 0 fully saturated rings. The summed E-state index contributed by atoms with van der Waals surface area (Å²) in [4.78, 5) is 32.8. The first kappa shape index (κ1) is 16.7. The molecule has 0 aliphatic carbocycles. The second-order valence-electron chi connectivity index (χ2n) is 4.31. The number of aromatic amines is 1. The summed E-state index contributed by atoms with van der Waals surface area (Å²) in [6.45, 7) is 0. The number of hydrogen-bond donors (Lipinski definition) is 2. The largest absolute Gasteiger partial charge is 0.496 e. The molecule has 0 saturated heterocycles. The Balaban J connectivity index is 2.39. The lowest BCUT2D eigenvalue weighted by atomic mass is 10.2. The summed E-state index contributed by atoms with van der Waals surface area (Å²) in [5, 5.41) is 30.0. The van der Waals surface area contributed by atoms with Gasteiger partial charge in [0.25, 0.3) is 11.6 Å². The normalized spacial score (nSPS) is 10.1. The Morgan fingerprint density at radius 3 is 2.46 bits per heavy atom. The van der Waals surface area contributed by atoms with E-state index in [1.165, 1.54) is 19.2 Å². The highest BCUT2D eigenvalue weighted by Gasteiger charge is 2.31. The number of H-pyrrole nitrogens is 1. The van der Waals surface area contributed by atoms with Crippen LogP contribution in [0, 0.1) is 20.2 Å². The van der Waals surface area contributed by atoms with Crippen LogP contribution in [-0.4, -0.2) is 40.2 Å². The van der Waals surface area contributed by atoms with Crippen molar-refractivity contribution in [2.45, 2.75) is 0 Å². The van der Waals surface area contributed by atoms with Crippen LogP contribution in [0.3, 0.4) is 0 Å². The number of carbonyl (C=O) groups is 1. The van der Waals surface area contributed by atoms with Crippen LogP contribution in [0.1, 0.15) is 10.5 Å². The van der Waals surface area contributed by atoms with E-state index >= 15 is 0 Å². The summed E-state index contributed by atoms with van der Waals surface area (Å²) in [5.41, 5.74) is -1.77. The maximum absolute atomic E-state index is 12.2. The summed E-state index contributed by atoms with van der Waals surface area (Å²) in [6, 6.07) is 3.75. The van der Waals surface area contributed by atoms with E-state index in [-0.39, 0.29) is 17.3 Å². The molecule has 0 aliphatic heterocycles. The van der Waals surface area contributed by atoms with Gasteiger partial charge in [-0.3, -0.25) is 30.1 Å². The number of hydrogen-bond acceptors (Lipinski definition) is 8. The van der Waals surface area contributed by atoms with Crippen LogP contribution in [-0.2, 0) is 0 Å². The average Bonchev–Trinajstić information content (AvgIpc) is 2.99. The SMILES string of the molecule is COc1ccc(NC(=O)c2[nH]nc(OC)c2[N+](=O)[O-])c([N+](=O)[O-])c1. The molecule has 2 N–H and O–H groups in total. The van der Waals surface area contributed by atoms with Crippen molar-refractivity contribution in [3.63, 3.8) is 0 Å². The molecule has 0 saturated carbocycles. The van der Waals surface area contributed by atoms with Crippen molar-refractivity contribution in [3.05, 3.63) is 44.1 Å². The Morgan fingerprint density at radius 2 is 1.92 bits per heavy atom. The first-order valence-corrected chi connectivity index (χ1v) is 6.29. The molecule has 126 valence electrons. The lowest BCUT2D eigenvalue weighted by Gasteiger charge is -2.06. The number of anilines is 1. The minimum atomic E-state index is -0.981. The predicted octanol–water partition coefficient (Wildman–Crippen LogP) is 1.50. The third-order valence-electron chi connectivity index (χ3n) is 2.96. The summed E-state index contributed by atoms with van der Waals surface area (Å²) in [7, 11) is 2.48. The van der Waals surface area contributed by atoms with Crippen molar-refractivity contribution in [1.82, 2.24) is 10.2 Å². The lowest BCUT2D eigenvalue weighted by Crippen LogP contribution is -2.15. The fraction of sp³-hybridized carbons (Fsp3) is 0.167. The maximum Gasteiger partial charge on any atom is 0.362 e. The number of amides is 1. The van der Waals surface area contributed by atoms with Crippen LogP contribution in [0.25, 0.3) is 0 Å². The molecule has 0 atom stereocenters. The van der Waals surface area contributed by atoms with Crippen LogP contribution in [0.15, 0.2) is 18.2 Å². The third-order valence-corrected chi connectivity index (χ3v) is 2.96. The van der Waals surface area contributed by atoms with Crippen molar-refractivity contribution in [1.29, 1.82) is 0 Å². The molecule has 0 unspecified atom stereocenters. The molecule has 12 heteroatoms. The van der Waals surface area contributed by atoms with E-state index in [2.05, 4.69) is 15.5 Å². The summed E-state index contributed by atoms with van der Waals surface area (Å²) in [6.07, 6.45) is 0. The molecule has 1 aromatic heterocycles. The van der Waals surface area contributed by atoms with Crippen molar-refractivity contribution in [3.8, 4) is 11.6 Å². The van der Waals surface area contributed by atoms with Crippen LogP contribution >= 0.6 is 0 Å². The molecule has 2 rings (SSSR count). The van der Waals surface area contributed by atoms with Crippen LogP contribution in [0.2, 0.25) is 0 Å². The molecule has 2 aromatic rings. The van der Waals surface area contributed by atoms with Gasteiger partial charge in [0.15, 0.2) is 0 Å². The molecule has 0 spiro atoms. The van der Waals surface area contributed by atoms with Crippen molar-refractivity contribution < 1.29 is 24.1 Å².